The number of cyclic esters (lactones) is 1. The number of ether oxygens (including phenoxy) is 3. The van der Waals surface area contributed by atoms with Gasteiger partial charge in [0.25, 0.3) is 0 Å². The van der Waals surface area contributed by atoms with E-state index >= 15 is 0 Å². The van der Waals surface area contributed by atoms with E-state index in [-0.39, 0.29) is 24.9 Å². The molecule has 2 saturated heterocycles. The van der Waals surface area contributed by atoms with Crippen molar-refractivity contribution in [2.24, 2.45) is 11.3 Å². The van der Waals surface area contributed by atoms with E-state index in [4.69, 9.17) is 25.8 Å². The number of nitrogens with zero attached hydrogens (tertiary/aromatic N) is 1. The zero-order chi connectivity index (χ0) is 27.1. The van der Waals surface area contributed by atoms with Gasteiger partial charge in [0.2, 0.25) is 0 Å². The van der Waals surface area contributed by atoms with Crippen molar-refractivity contribution in [3.8, 4) is 0 Å². The van der Waals surface area contributed by atoms with E-state index in [2.05, 4.69) is 4.98 Å². The Morgan fingerprint density at radius 3 is 2.68 bits per heavy atom. The van der Waals surface area contributed by atoms with Crippen LogP contribution in [-0.2, 0) is 23.8 Å². The highest BCUT2D eigenvalue weighted by molar-refractivity contribution is 7.18. The number of carbonyl (C=O) groups is 2. The molecule has 10 heteroatoms. The fourth-order valence-electron chi connectivity index (χ4n) is 5.01. The minimum atomic E-state index is -1.30. The van der Waals surface area contributed by atoms with Gasteiger partial charge in [-0.1, -0.05) is 38.4 Å². The van der Waals surface area contributed by atoms with Gasteiger partial charge in [-0.25, -0.2) is 4.98 Å². The zero-order valence-corrected chi connectivity index (χ0v) is 23.5. The number of thiazole rings is 1. The number of hydrogen-bond acceptors (Lipinski definition) is 9. The van der Waals surface area contributed by atoms with E-state index < -0.39 is 46.8 Å². The van der Waals surface area contributed by atoms with E-state index in [0.29, 0.717) is 19.3 Å². The zero-order valence-electron chi connectivity index (χ0n) is 21.9. The molecule has 0 spiro atoms. The Balaban J connectivity index is 1.62. The Morgan fingerprint density at radius 1 is 1.24 bits per heavy atom. The van der Waals surface area contributed by atoms with Crippen molar-refractivity contribution in [3.63, 3.8) is 0 Å². The number of aromatic nitrogens is 1. The topological polar surface area (TPSA) is 118 Å². The Bertz CT molecular complexity index is 1150. The molecule has 2 aliphatic heterocycles. The third-order valence-electron chi connectivity index (χ3n) is 7.68. The molecular formula is C27H36ClNO7S. The lowest BCUT2D eigenvalue weighted by Gasteiger charge is -2.35. The molecule has 0 saturated carbocycles. The first-order valence-electron chi connectivity index (χ1n) is 12.8. The molecule has 204 valence electrons. The van der Waals surface area contributed by atoms with Gasteiger partial charge in [0, 0.05) is 18.8 Å². The largest absolute Gasteiger partial charge is 0.457 e. The SMILES string of the molecule is CC[C@H]1C(=O)C(C)(C)[C@@H](O)CC(=O)O[C@H](c2ccc3sc(C)nc3c2)C[C@@H]2O[C@]2(Cl)CCO[C@@H](C)[C@H]1O. The van der Waals surface area contributed by atoms with Gasteiger partial charge in [-0.3, -0.25) is 9.59 Å². The predicted molar refractivity (Wildman–Crippen MR) is 140 cm³/mol. The lowest BCUT2D eigenvalue weighted by molar-refractivity contribution is -0.157. The number of benzene rings is 1. The van der Waals surface area contributed by atoms with Crippen molar-refractivity contribution in [2.75, 3.05) is 6.61 Å². The molecule has 4 rings (SSSR count). The average Bonchev–Trinajstić information content (AvgIpc) is 3.30. The van der Waals surface area contributed by atoms with E-state index in [1.54, 1.807) is 39.0 Å². The van der Waals surface area contributed by atoms with Crippen molar-refractivity contribution in [3.05, 3.63) is 28.8 Å². The van der Waals surface area contributed by atoms with Gasteiger partial charge in [-0.05, 0) is 38.0 Å². The number of Topliss-reactive ketones (excluding diaryl/α,β-unsaturated/α-hetero) is 1. The Kier molecular flexibility index (Phi) is 8.34. The van der Waals surface area contributed by atoms with E-state index in [1.807, 2.05) is 25.1 Å². The highest BCUT2D eigenvalue weighted by Gasteiger charge is 2.56. The highest BCUT2D eigenvalue weighted by Crippen LogP contribution is 2.49. The van der Waals surface area contributed by atoms with Gasteiger partial charge in [0.15, 0.2) is 5.06 Å². The molecule has 1 aromatic carbocycles. The second kappa shape index (κ2) is 10.9. The van der Waals surface area contributed by atoms with Crippen LogP contribution in [0.3, 0.4) is 0 Å². The fraction of sp³-hybridized carbons (Fsp3) is 0.667. The summed E-state index contributed by atoms with van der Waals surface area (Å²) in [7, 11) is 0. The van der Waals surface area contributed by atoms with Crippen molar-refractivity contribution < 1.29 is 34.0 Å². The van der Waals surface area contributed by atoms with Crippen molar-refractivity contribution in [1.29, 1.82) is 0 Å². The van der Waals surface area contributed by atoms with Crippen LogP contribution in [0.4, 0.5) is 0 Å². The minimum absolute atomic E-state index is 0.226. The minimum Gasteiger partial charge on any atom is -0.457 e. The van der Waals surface area contributed by atoms with Gasteiger partial charge < -0.3 is 24.4 Å². The second-order valence-corrected chi connectivity index (χ2v) is 12.6. The van der Waals surface area contributed by atoms with E-state index in [1.165, 1.54) is 0 Å². The molecular weight excluding hydrogens is 518 g/mol. The molecule has 0 bridgehead atoms. The summed E-state index contributed by atoms with van der Waals surface area (Å²) in [6.45, 7) is 8.86. The Hall–Kier alpha value is -1.62. The number of epoxide rings is 1. The van der Waals surface area contributed by atoms with Crippen LogP contribution in [0.2, 0.25) is 0 Å². The van der Waals surface area contributed by atoms with Gasteiger partial charge in [0.1, 0.15) is 18.0 Å². The lowest BCUT2D eigenvalue weighted by atomic mass is 9.73. The smallest absolute Gasteiger partial charge is 0.309 e. The van der Waals surface area contributed by atoms with Crippen LogP contribution in [0.5, 0.6) is 0 Å². The summed E-state index contributed by atoms with van der Waals surface area (Å²) in [5.74, 6) is -1.73. The third kappa shape index (κ3) is 6.02. The monoisotopic (exact) mass is 553 g/mol. The number of halogens is 1. The molecule has 1 aromatic heterocycles. The number of aliphatic hydroxyl groups excluding tert-OH is 2. The maximum absolute atomic E-state index is 13.4. The molecule has 0 amide bonds. The van der Waals surface area contributed by atoms with Crippen LogP contribution in [0, 0.1) is 18.3 Å². The Labute approximate surface area is 226 Å². The molecule has 2 N–H and O–H groups in total. The fourth-order valence-corrected chi connectivity index (χ4v) is 6.09. The number of hydrogen-bond donors (Lipinski definition) is 2. The molecule has 2 aliphatic rings. The number of ketones is 1. The van der Waals surface area contributed by atoms with Gasteiger partial charge in [-0.2, -0.15) is 0 Å². The third-order valence-corrected chi connectivity index (χ3v) is 9.15. The standard InChI is InChI=1S/C27H36ClNO7S/c1-6-17-24(32)14(2)34-10-9-27(28)22(36-27)12-19(16-7-8-20-18(11-16)29-15(3)37-20)35-23(31)13-21(30)26(4,5)25(17)33/h7-8,11,14,17,19,21-22,24,30,32H,6,9-10,12-13H2,1-5H3/t14-,17+,19-,21-,22-,24+,27+/m0/s1. The second-order valence-electron chi connectivity index (χ2n) is 10.7. The molecule has 2 fully saturated rings. The van der Waals surface area contributed by atoms with Crippen LogP contribution < -0.4 is 0 Å². The lowest BCUT2D eigenvalue weighted by Crippen LogP contribution is -2.47. The summed E-state index contributed by atoms with van der Waals surface area (Å²) in [5, 5.41) is 21.8. The summed E-state index contributed by atoms with van der Waals surface area (Å²) in [6.07, 6.45) is -3.36. The molecule has 37 heavy (non-hydrogen) atoms. The van der Waals surface area contributed by atoms with Crippen LogP contribution in [0.15, 0.2) is 18.2 Å². The molecule has 0 unspecified atom stereocenters. The Morgan fingerprint density at radius 2 is 1.97 bits per heavy atom. The normalized spacial score (nSPS) is 35.7. The summed E-state index contributed by atoms with van der Waals surface area (Å²) in [6, 6.07) is 5.75. The molecule has 2 aromatic rings. The van der Waals surface area contributed by atoms with Crippen molar-refractivity contribution in [2.45, 2.75) is 95.9 Å². The molecule has 3 heterocycles. The highest BCUT2D eigenvalue weighted by atomic mass is 35.5. The van der Waals surface area contributed by atoms with Crippen molar-refractivity contribution in [1.82, 2.24) is 4.98 Å². The number of aliphatic hydroxyl groups is 2. The van der Waals surface area contributed by atoms with Gasteiger partial charge in [0.05, 0.1) is 52.0 Å². The molecule has 0 aliphatic carbocycles. The maximum Gasteiger partial charge on any atom is 0.309 e. The average molecular weight is 554 g/mol. The number of rotatable bonds is 2. The van der Waals surface area contributed by atoms with E-state index in [0.717, 1.165) is 20.8 Å². The van der Waals surface area contributed by atoms with Gasteiger partial charge in [-0.15, -0.1) is 11.3 Å². The van der Waals surface area contributed by atoms with Crippen LogP contribution >= 0.6 is 22.9 Å². The number of fused-ring (bicyclic) bond motifs is 2. The predicted octanol–water partition coefficient (Wildman–Crippen LogP) is 4.46. The summed E-state index contributed by atoms with van der Waals surface area (Å²) >= 11 is 8.26. The number of carbonyl (C=O) groups excluding carboxylic acids is 2. The first-order valence-corrected chi connectivity index (χ1v) is 14.0. The molecule has 8 nitrogen and oxygen atoms in total. The van der Waals surface area contributed by atoms with E-state index in [9.17, 15) is 19.8 Å². The van der Waals surface area contributed by atoms with Crippen LogP contribution in [-0.4, -0.2) is 63.0 Å². The summed E-state index contributed by atoms with van der Waals surface area (Å²) < 4.78 is 18.6. The maximum atomic E-state index is 13.4. The van der Waals surface area contributed by atoms with Crippen LogP contribution in [0.1, 0.15) is 70.1 Å². The number of alkyl halides is 1. The molecule has 0 radical (unpaired) electrons. The first-order chi connectivity index (χ1) is 17.4. The first kappa shape index (κ1) is 28.4. The summed E-state index contributed by atoms with van der Waals surface area (Å²) in [4.78, 5) is 31.0. The van der Waals surface area contributed by atoms with Gasteiger partial charge >= 0.3 is 5.97 Å². The quantitative estimate of drug-likeness (QED) is 0.318. The number of esters is 1. The summed E-state index contributed by atoms with van der Waals surface area (Å²) in [5.41, 5.74) is 0.288. The van der Waals surface area contributed by atoms with Crippen LogP contribution in [0.25, 0.3) is 10.2 Å². The number of aryl methyl sites for hydroxylation is 1. The molecule has 7 atom stereocenters. The van der Waals surface area contributed by atoms with Crippen molar-refractivity contribution >= 4 is 44.9 Å².